The van der Waals surface area contributed by atoms with Crippen LogP contribution in [0.5, 0.6) is 0 Å². The molecule has 2 aliphatic rings. The SMILES string of the molecule is Cn1c(C[C@H]2CCS(=O)(=O)C2)nn(CN2CCOCC2)c1=S. The Balaban J connectivity index is 1.70. The van der Waals surface area contributed by atoms with Crippen LogP contribution in [0.1, 0.15) is 12.2 Å². The molecule has 7 nitrogen and oxygen atoms in total. The van der Waals surface area contributed by atoms with Crippen LogP contribution >= 0.6 is 12.2 Å². The van der Waals surface area contributed by atoms with Crippen LogP contribution in [-0.4, -0.2) is 65.5 Å². The standard InChI is InChI=1S/C13H22N4O3S2/c1-15-12(8-11-2-7-22(18,19)9-11)14-17(13(15)21)10-16-3-5-20-6-4-16/h11H,2-10H2,1H3/t11-/m1/s1. The lowest BCUT2D eigenvalue weighted by Gasteiger charge is -2.26. The van der Waals surface area contributed by atoms with Crippen LogP contribution in [0.2, 0.25) is 0 Å². The molecule has 1 aromatic rings. The fraction of sp³-hybridized carbons (Fsp3) is 0.846. The molecule has 3 heterocycles. The maximum Gasteiger partial charge on any atom is 0.198 e. The van der Waals surface area contributed by atoms with Crippen LogP contribution in [0.15, 0.2) is 0 Å². The Morgan fingerprint density at radius 3 is 2.73 bits per heavy atom. The molecule has 0 spiro atoms. The molecule has 1 aromatic heterocycles. The molecule has 1 atom stereocenters. The van der Waals surface area contributed by atoms with Gasteiger partial charge in [-0.15, -0.1) is 0 Å². The number of morpholine rings is 1. The summed E-state index contributed by atoms with van der Waals surface area (Å²) in [5.74, 6) is 1.62. The highest BCUT2D eigenvalue weighted by atomic mass is 32.2. The first-order valence-electron chi connectivity index (χ1n) is 7.58. The zero-order valence-corrected chi connectivity index (χ0v) is 14.4. The smallest absolute Gasteiger partial charge is 0.198 e. The monoisotopic (exact) mass is 346 g/mol. The lowest BCUT2D eigenvalue weighted by Crippen LogP contribution is -2.37. The average molecular weight is 346 g/mol. The fourth-order valence-electron chi connectivity index (χ4n) is 3.03. The number of nitrogens with zero attached hydrogens (tertiary/aromatic N) is 4. The lowest BCUT2D eigenvalue weighted by molar-refractivity contribution is 0.0209. The van der Waals surface area contributed by atoms with Crippen LogP contribution in [0.25, 0.3) is 0 Å². The molecule has 2 saturated heterocycles. The predicted molar refractivity (Wildman–Crippen MR) is 84.9 cm³/mol. The van der Waals surface area contributed by atoms with Gasteiger partial charge < -0.3 is 9.30 Å². The second-order valence-electron chi connectivity index (χ2n) is 6.10. The van der Waals surface area contributed by atoms with Crippen LogP contribution < -0.4 is 0 Å². The minimum Gasteiger partial charge on any atom is -0.379 e. The van der Waals surface area contributed by atoms with Crippen molar-refractivity contribution in [3.63, 3.8) is 0 Å². The third kappa shape index (κ3) is 3.58. The Bertz CT molecular complexity index is 689. The molecule has 2 aliphatic heterocycles. The van der Waals surface area contributed by atoms with Gasteiger partial charge in [-0.1, -0.05) is 0 Å². The maximum atomic E-state index is 11.6. The Morgan fingerprint density at radius 2 is 2.09 bits per heavy atom. The van der Waals surface area contributed by atoms with E-state index in [0.29, 0.717) is 23.6 Å². The Labute approximate surface area is 135 Å². The van der Waals surface area contributed by atoms with Gasteiger partial charge in [0.2, 0.25) is 0 Å². The number of aromatic nitrogens is 3. The summed E-state index contributed by atoms with van der Waals surface area (Å²) in [5, 5.41) is 4.61. The van der Waals surface area contributed by atoms with E-state index in [1.807, 2.05) is 16.3 Å². The normalized spacial score (nSPS) is 25.6. The second kappa shape index (κ2) is 6.38. The summed E-state index contributed by atoms with van der Waals surface area (Å²) in [6.45, 7) is 3.92. The molecule has 0 amide bonds. The highest BCUT2D eigenvalue weighted by molar-refractivity contribution is 7.91. The zero-order valence-electron chi connectivity index (χ0n) is 12.8. The van der Waals surface area contributed by atoms with E-state index in [2.05, 4.69) is 10.00 Å². The molecular formula is C13H22N4O3S2. The summed E-state index contributed by atoms with van der Waals surface area (Å²) < 4.78 is 32.9. The largest absolute Gasteiger partial charge is 0.379 e. The average Bonchev–Trinajstić information content (AvgIpc) is 2.95. The molecule has 0 aromatic carbocycles. The second-order valence-corrected chi connectivity index (χ2v) is 8.70. The molecule has 0 radical (unpaired) electrons. The highest BCUT2D eigenvalue weighted by Crippen LogP contribution is 2.22. The van der Waals surface area contributed by atoms with E-state index in [4.69, 9.17) is 17.0 Å². The third-order valence-corrected chi connectivity index (χ3v) is 6.69. The number of hydrogen-bond acceptors (Lipinski definition) is 6. The van der Waals surface area contributed by atoms with Gasteiger partial charge in [0.25, 0.3) is 0 Å². The minimum atomic E-state index is -2.85. The Morgan fingerprint density at radius 1 is 1.36 bits per heavy atom. The van der Waals surface area contributed by atoms with Gasteiger partial charge in [0.1, 0.15) is 5.82 Å². The van der Waals surface area contributed by atoms with Gasteiger partial charge in [0.05, 0.1) is 31.4 Å². The molecule has 0 N–H and O–H groups in total. The van der Waals surface area contributed by atoms with Crippen LogP contribution in [0, 0.1) is 10.7 Å². The van der Waals surface area contributed by atoms with E-state index in [1.165, 1.54) is 0 Å². The van der Waals surface area contributed by atoms with Gasteiger partial charge in [-0.2, -0.15) is 5.10 Å². The van der Waals surface area contributed by atoms with Crippen molar-refractivity contribution in [3.8, 4) is 0 Å². The zero-order chi connectivity index (χ0) is 15.7. The maximum absolute atomic E-state index is 11.6. The topological polar surface area (TPSA) is 69.4 Å². The van der Waals surface area contributed by atoms with Gasteiger partial charge in [-0.3, -0.25) is 4.90 Å². The first-order valence-corrected chi connectivity index (χ1v) is 9.81. The first-order chi connectivity index (χ1) is 10.4. The van der Waals surface area contributed by atoms with Crippen molar-refractivity contribution >= 4 is 22.1 Å². The van der Waals surface area contributed by atoms with Crippen molar-refractivity contribution in [1.82, 2.24) is 19.2 Å². The van der Waals surface area contributed by atoms with Crippen LogP contribution in [0.3, 0.4) is 0 Å². The van der Waals surface area contributed by atoms with E-state index in [1.54, 1.807) is 0 Å². The van der Waals surface area contributed by atoms with E-state index in [0.717, 1.165) is 38.5 Å². The molecule has 2 fully saturated rings. The van der Waals surface area contributed by atoms with Crippen molar-refractivity contribution in [2.45, 2.75) is 19.5 Å². The summed E-state index contributed by atoms with van der Waals surface area (Å²) >= 11 is 5.46. The molecule has 0 saturated carbocycles. The Hall–Kier alpha value is -0.770. The van der Waals surface area contributed by atoms with Gasteiger partial charge >= 0.3 is 0 Å². The molecule has 0 unspecified atom stereocenters. The first kappa shape index (κ1) is 16.1. The molecule has 3 rings (SSSR count). The quantitative estimate of drug-likeness (QED) is 0.727. The van der Waals surface area contributed by atoms with Crippen molar-refractivity contribution in [3.05, 3.63) is 10.6 Å². The van der Waals surface area contributed by atoms with Gasteiger partial charge in [-0.25, -0.2) is 13.1 Å². The molecule has 0 bridgehead atoms. The van der Waals surface area contributed by atoms with E-state index in [9.17, 15) is 8.42 Å². The summed E-state index contributed by atoms with van der Waals surface area (Å²) in [4.78, 5) is 2.26. The predicted octanol–water partition coefficient (Wildman–Crippen LogP) is 0.218. The lowest BCUT2D eigenvalue weighted by atomic mass is 10.1. The summed E-state index contributed by atoms with van der Waals surface area (Å²) in [6.07, 6.45) is 1.40. The van der Waals surface area contributed by atoms with Crippen molar-refractivity contribution in [2.75, 3.05) is 37.8 Å². The highest BCUT2D eigenvalue weighted by Gasteiger charge is 2.29. The molecular weight excluding hydrogens is 324 g/mol. The summed E-state index contributed by atoms with van der Waals surface area (Å²) in [5.41, 5.74) is 0. The number of ether oxygens (including phenoxy) is 1. The summed E-state index contributed by atoms with van der Waals surface area (Å²) in [7, 11) is -0.940. The minimum absolute atomic E-state index is 0.164. The number of hydrogen-bond donors (Lipinski definition) is 0. The number of sulfone groups is 1. The third-order valence-electron chi connectivity index (χ3n) is 4.37. The van der Waals surface area contributed by atoms with E-state index < -0.39 is 9.84 Å². The van der Waals surface area contributed by atoms with E-state index in [-0.39, 0.29) is 11.7 Å². The Kier molecular flexibility index (Phi) is 4.67. The van der Waals surface area contributed by atoms with Crippen molar-refractivity contribution < 1.29 is 13.2 Å². The molecule has 124 valence electrons. The van der Waals surface area contributed by atoms with Crippen molar-refractivity contribution in [1.29, 1.82) is 0 Å². The molecule has 9 heteroatoms. The summed E-state index contributed by atoms with van der Waals surface area (Å²) in [6, 6.07) is 0. The number of rotatable bonds is 4. The van der Waals surface area contributed by atoms with Gasteiger partial charge in [0, 0.05) is 26.6 Å². The van der Waals surface area contributed by atoms with Crippen LogP contribution in [0.4, 0.5) is 0 Å². The molecule has 22 heavy (non-hydrogen) atoms. The van der Waals surface area contributed by atoms with Gasteiger partial charge in [-0.05, 0) is 24.6 Å². The van der Waals surface area contributed by atoms with Gasteiger partial charge in [0.15, 0.2) is 14.6 Å². The van der Waals surface area contributed by atoms with Crippen LogP contribution in [-0.2, 0) is 34.7 Å². The fourth-order valence-corrected chi connectivity index (χ4v) is 5.09. The van der Waals surface area contributed by atoms with E-state index >= 15 is 0 Å². The molecule has 0 aliphatic carbocycles. The van der Waals surface area contributed by atoms with Crippen molar-refractivity contribution in [2.24, 2.45) is 13.0 Å².